The van der Waals surface area contributed by atoms with Crippen LogP contribution >= 0.6 is 12.2 Å². The smallest absolute Gasteiger partial charge is 0.175 e. The van der Waals surface area contributed by atoms with Crippen molar-refractivity contribution in [2.24, 2.45) is 10.2 Å². The lowest BCUT2D eigenvalue weighted by atomic mass is 10.3. The Labute approximate surface area is 157 Å². The predicted molar refractivity (Wildman–Crippen MR) is 110 cm³/mol. The van der Waals surface area contributed by atoms with Gasteiger partial charge in [0, 0.05) is 17.4 Å². The number of thiocarbonyl (C=S) groups is 1. The molecule has 26 heavy (non-hydrogen) atoms. The van der Waals surface area contributed by atoms with Crippen LogP contribution in [0.1, 0.15) is 0 Å². The van der Waals surface area contributed by atoms with Crippen molar-refractivity contribution < 1.29 is 4.74 Å². The van der Waals surface area contributed by atoms with Crippen LogP contribution in [0.3, 0.4) is 0 Å². The zero-order valence-electron chi connectivity index (χ0n) is 14.2. The Balaban J connectivity index is 1.58. The summed E-state index contributed by atoms with van der Waals surface area (Å²) in [6, 6.07) is 24.7. The van der Waals surface area contributed by atoms with E-state index < -0.39 is 0 Å². The van der Waals surface area contributed by atoms with Crippen molar-refractivity contribution >= 4 is 40.1 Å². The van der Waals surface area contributed by atoms with Crippen LogP contribution in [0.25, 0.3) is 0 Å². The van der Waals surface area contributed by atoms with Gasteiger partial charge < -0.3 is 15.4 Å². The summed E-state index contributed by atoms with van der Waals surface area (Å²) in [7, 11) is 1.63. The van der Waals surface area contributed by atoms with Gasteiger partial charge in [-0.25, -0.2) is 0 Å². The van der Waals surface area contributed by atoms with Gasteiger partial charge in [0.05, 0.1) is 18.5 Å². The van der Waals surface area contributed by atoms with Crippen molar-refractivity contribution in [1.82, 2.24) is 0 Å². The lowest BCUT2D eigenvalue weighted by Gasteiger charge is -2.11. The topological polar surface area (TPSA) is 58.0 Å². The average Bonchev–Trinajstić information content (AvgIpc) is 2.68. The summed E-state index contributed by atoms with van der Waals surface area (Å²) < 4.78 is 5.20. The van der Waals surface area contributed by atoms with Gasteiger partial charge in [-0.15, -0.1) is 0 Å². The van der Waals surface area contributed by atoms with Crippen LogP contribution in [0.15, 0.2) is 89.1 Å². The summed E-state index contributed by atoms with van der Waals surface area (Å²) in [6.45, 7) is 0. The van der Waals surface area contributed by atoms with Crippen LogP contribution in [0.4, 0.5) is 22.7 Å². The Morgan fingerprint density at radius 1 is 0.769 bits per heavy atom. The first kappa shape index (κ1) is 17.6. The number of azo groups is 1. The van der Waals surface area contributed by atoms with E-state index in [1.807, 2.05) is 78.9 Å². The summed E-state index contributed by atoms with van der Waals surface area (Å²) in [5.74, 6) is 0.769. The van der Waals surface area contributed by atoms with E-state index in [4.69, 9.17) is 17.0 Å². The van der Waals surface area contributed by atoms with Gasteiger partial charge in [0.25, 0.3) is 0 Å². The second-order valence-electron chi connectivity index (χ2n) is 5.39. The molecule has 0 saturated carbocycles. The summed E-state index contributed by atoms with van der Waals surface area (Å²) in [5.41, 5.74) is 3.31. The lowest BCUT2D eigenvalue weighted by Crippen LogP contribution is -2.18. The Morgan fingerprint density at radius 3 is 2.12 bits per heavy atom. The van der Waals surface area contributed by atoms with Crippen molar-refractivity contribution in [3.63, 3.8) is 0 Å². The molecule has 0 aromatic heterocycles. The fraction of sp³-hybridized carbons (Fsp3) is 0.0500. The third kappa shape index (κ3) is 5.12. The number of anilines is 2. The van der Waals surface area contributed by atoms with Gasteiger partial charge in [0.1, 0.15) is 5.75 Å². The van der Waals surface area contributed by atoms with Crippen LogP contribution in [0, 0.1) is 0 Å². The minimum absolute atomic E-state index is 0.497. The molecule has 0 amide bonds. The van der Waals surface area contributed by atoms with Crippen LogP contribution < -0.4 is 15.4 Å². The molecular weight excluding hydrogens is 344 g/mol. The second kappa shape index (κ2) is 8.73. The van der Waals surface area contributed by atoms with E-state index in [1.54, 1.807) is 7.11 Å². The van der Waals surface area contributed by atoms with Crippen molar-refractivity contribution in [1.29, 1.82) is 0 Å². The average molecular weight is 362 g/mol. The number of ether oxygens (including phenoxy) is 1. The predicted octanol–water partition coefficient (Wildman–Crippen LogP) is 5.92. The van der Waals surface area contributed by atoms with Gasteiger partial charge in [0.2, 0.25) is 0 Å². The minimum Gasteiger partial charge on any atom is -0.497 e. The molecule has 3 aromatic rings. The number of benzene rings is 3. The highest BCUT2D eigenvalue weighted by molar-refractivity contribution is 7.80. The highest BCUT2D eigenvalue weighted by atomic mass is 32.1. The number of hydrogen-bond donors (Lipinski definition) is 2. The van der Waals surface area contributed by atoms with Crippen LogP contribution in [-0.4, -0.2) is 12.2 Å². The molecular formula is C20H18N4OS. The highest BCUT2D eigenvalue weighted by Crippen LogP contribution is 2.21. The van der Waals surface area contributed by atoms with Crippen molar-refractivity contribution in [2.75, 3.05) is 17.7 Å². The van der Waals surface area contributed by atoms with Gasteiger partial charge in [-0.3, -0.25) is 0 Å². The zero-order chi connectivity index (χ0) is 18.2. The number of methoxy groups -OCH3 is 1. The SMILES string of the molecule is COc1cccc(NC(=S)Nc2ccc(N=Nc3ccccc3)cc2)c1. The molecule has 0 spiro atoms. The molecule has 0 aliphatic rings. The third-order valence-electron chi connectivity index (χ3n) is 3.49. The standard InChI is InChI=1S/C20H18N4OS/c1-25-19-9-5-8-18(14-19)22-20(26)21-15-10-12-17(13-11-15)24-23-16-6-3-2-4-7-16/h2-14H,1H3,(H2,21,22,26). The fourth-order valence-corrected chi connectivity index (χ4v) is 2.45. The Kier molecular flexibility index (Phi) is 5.90. The van der Waals surface area contributed by atoms with E-state index in [9.17, 15) is 0 Å². The molecule has 0 saturated heterocycles. The van der Waals surface area contributed by atoms with E-state index >= 15 is 0 Å². The molecule has 0 bridgehead atoms. The first-order chi connectivity index (χ1) is 12.7. The summed E-state index contributed by atoms with van der Waals surface area (Å²) in [6.07, 6.45) is 0. The molecule has 5 nitrogen and oxygen atoms in total. The summed E-state index contributed by atoms with van der Waals surface area (Å²) >= 11 is 5.34. The Morgan fingerprint density at radius 2 is 1.42 bits per heavy atom. The van der Waals surface area contributed by atoms with Gasteiger partial charge in [-0.2, -0.15) is 10.2 Å². The van der Waals surface area contributed by atoms with Crippen LogP contribution in [-0.2, 0) is 0 Å². The number of nitrogens with zero attached hydrogens (tertiary/aromatic N) is 2. The minimum atomic E-state index is 0.497. The second-order valence-corrected chi connectivity index (χ2v) is 5.80. The Hall–Kier alpha value is -3.25. The quantitative estimate of drug-likeness (QED) is 0.437. The summed E-state index contributed by atoms with van der Waals surface area (Å²) in [4.78, 5) is 0. The van der Waals surface area contributed by atoms with Crippen molar-refractivity contribution in [2.45, 2.75) is 0 Å². The van der Waals surface area contributed by atoms with Gasteiger partial charge in [-0.1, -0.05) is 24.3 Å². The van der Waals surface area contributed by atoms with E-state index in [1.165, 1.54) is 0 Å². The molecule has 0 aliphatic heterocycles. The van der Waals surface area contributed by atoms with E-state index in [2.05, 4.69) is 20.9 Å². The molecule has 0 fully saturated rings. The highest BCUT2D eigenvalue weighted by Gasteiger charge is 2.01. The molecule has 3 aromatic carbocycles. The fourth-order valence-electron chi connectivity index (χ4n) is 2.22. The molecule has 3 rings (SSSR count). The third-order valence-corrected chi connectivity index (χ3v) is 3.69. The maximum Gasteiger partial charge on any atom is 0.175 e. The number of nitrogens with one attached hydrogen (secondary N) is 2. The van der Waals surface area contributed by atoms with Crippen LogP contribution in [0.5, 0.6) is 5.75 Å². The van der Waals surface area contributed by atoms with Gasteiger partial charge in [-0.05, 0) is 60.7 Å². The van der Waals surface area contributed by atoms with Crippen molar-refractivity contribution in [3.05, 3.63) is 78.9 Å². The first-order valence-electron chi connectivity index (χ1n) is 8.02. The van der Waals surface area contributed by atoms with E-state index in [-0.39, 0.29) is 0 Å². The van der Waals surface area contributed by atoms with Crippen LogP contribution in [0.2, 0.25) is 0 Å². The monoisotopic (exact) mass is 362 g/mol. The van der Waals surface area contributed by atoms with E-state index in [0.29, 0.717) is 5.11 Å². The summed E-state index contributed by atoms with van der Waals surface area (Å²) in [5, 5.41) is 15.2. The lowest BCUT2D eigenvalue weighted by molar-refractivity contribution is 0.415. The maximum absolute atomic E-state index is 5.34. The molecule has 0 radical (unpaired) electrons. The molecule has 2 N–H and O–H groups in total. The molecule has 0 heterocycles. The molecule has 0 unspecified atom stereocenters. The normalized spacial score (nSPS) is 10.5. The largest absolute Gasteiger partial charge is 0.497 e. The van der Waals surface area contributed by atoms with Gasteiger partial charge >= 0.3 is 0 Å². The molecule has 6 heteroatoms. The van der Waals surface area contributed by atoms with E-state index in [0.717, 1.165) is 28.5 Å². The van der Waals surface area contributed by atoms with Gasteiger partial charge in [0.15, 0.2) is 5.11 Å². The maximum atomic E-state index is 5.34. The number of rotatable bonds is 5. The Bertz CT molecular complexity index is 895. The molecule has 130 valence electrons. The first-order valence-corrected chi connectivity index (χ1v) is 8.43. The molecule has 0 aliphatic carbocycles. The zero-order valence-corrected chi connectivity index (χ0v) is 15.0. The number of hydrogen-bond acceptors (Lipinski definition) is 4. The molecule has 0 atom stereocenters. The van der Waals surface area contributed by atoms with Crippen molar-refractivity contribution in [3.8, 4) is 5.75 Å².